The minimum absolute atomic E-state index is 0.774. The van der Waals surface area contributed by atoms with E-state index in [2.05, 4.69) is 48.5 Å². The highest BCUT2D eigenvalue weighted by molar-refractivity contribution is 5.27. The average molecular weight is 276 g/mol. The fourth-order valence-electron chi connectivity index (χ4n) is 2.50. The minimum atomic E-state index is 0.774. The number of benzene rings is 1. The van der Waals surface area contributed by atoms with Gasteiger partial charge in [-0.25, -0.2) is 0 Å². The van der Waals surface area contributed by atoms with E-state index < -0.39 is 0 Å². The highest BCUT2D eigenvalue weighted by atomic mass is 16.5. The van der Waals surface area contributed by atoms with Crippen LogP contribution >= 0.6 is 0 Å². The van der Waals surface area contributed by atoms with Crippen LogP contribution in [0.4, 0.5) is 0 Å². The Kier molecular flexibility index (Phi) is 6.34. The first-order chi connectivity index (χ1) is 9.78. The largest absolute Gasteiger partial charge is 0.492 e. The molecule has 1 fully saturated rings. The minimum Gasteiger partial charge on any atom is -0.492 e. The van der Waals surface area contributed by atoms with Gasteiger partial charge in [-0.05, 0) is 50.0 Å². The van der Waals surface area contributed by atoms with Crippen LogP contribution < -0.4 is 10.1 Å². The second-order valence-corrected chi connectivity index (χ2v) is 5.83. The molecule has 0 unspecified atom stereocenters. The van der Waals surface area contributed by atoms with E-state index in [4.69, 9.17) is 4.74 Å². The van der Waals surface area contributed by atoms with Crippen LogP contribution in [0, 0.1) is 5.92 Å². The van der Waals surface area contributed by atoms with Gasteiger partial charge in [0.05, 0.1) is 0 Å². The molecular formula is C17H28N2O. The number of likely N-dealkylation sites (N-methyl/N-ethyl adjacent to an activating group) is 1. The molecule has 1 aliphatic carbocycles. The molecule has 0 saturated heterocycles. The van der Waals surface area contributed by atoms with E-state index in [-0.39, 0.29) is 0 Å². The van der Waals surface area contributed by atoms with E-state index in [0.29, 0.717) is 0 Å². The zero-order valence-electron chi connectivity index (χ0n) is 12.9. The number of hydrogen-bond acceptors (Lipinski definition) is 3. The Morgan fingerprint density at radius 2 is 2.00 bits per heavy atom. The van der Waals surface area contributed by atoms with Gasteiger partial charge >= 0.3 is 0 Å². The highest BCUT2D eigenvalue weighted by Crippen LogP contribution is 2.26. The molecule has 112 valence electrons. The quantitative estimate of drug-likeness (QED) is 0.750. The first-order valence-electron chi connectivity index (χ1n) is 7.89. The fourth-order valence-corrected chi connectivity index (χ4v) is 2.50. The summed E-state index contributed by atoms with van der Waals surface area (Å²) in [6, 6.07) is 8.41. The summed E-state index contributed by atoms with van der Waals surface area (Å²) >= 11 is 0. The summed E-state index contributed by atoms with van der Waals surface area (Å²) in [6.07, 6.45) is 4.26. The first-order valence-corrected chi connectivity index (χ1v) is 7.89. The van der Waals surface area contributed by atoms with Crippen molar-refractivity contribution in [1.29, 1.82) is 0 Å². The van der Waals surface area contributed by atoms with E-state index in [1.165, 1.54) is 31.4 Å². The molecule has 20 heavy (non-hydrogen) atoms. The second kappa shape index (κ2) is 8.28. The summed E-state index contributed by atoms with van der Waals surface area (Å²) in [7, 11) is 2.20. The lowest BCUT2D eigenvalue weighted by atomic mass is 9.85. The van der Waals surface area contributed by atoms with Crippen molar-refractivity contribution in [2.75, 3.05) is 33.3 Å². The predicted octanol–water partition coefficient (Wildman–Crippen LogP) is 2.91. The molecule has 0 spiro atoms. The van der Waals surface area contributed by atoms with E-state index in [1.807, 2.05) is 0 Å². The molecule has 0 amide bonds. The van der Waals surface area contributed by atoms with E-state index in [0.717, 1.165) is 37.9 Å². The van der Waals surface area contributed by atoms with Crippen molar-refractivity contribution < 1.29 is 4.74 Å². The van der Waals surface area contributed by atoms with Crippen molar-refractivity contribution in [1.82, 2.24) is 10.2 Å². The molecule has 2 rings (SSSR count). The Morgan fingerprint density at radius 3 is 2.60 bits per heavy atom. The molecule has 1 aliphatic rings. The fraction of sp³-hybridized carbons (Fsp3) is 0.647. The Hall–Kier alpha value is -1.06. The SMILES string of the molecule is CCNCc1ccc(OCCN(C)CC2CCC2)cc1. The summed E-state index contributed by atoms with van der Waals surface area (Å²) < 4.78 is 5.81. The molecule has 0 aliphatic heterocycles. The molecule has 0 heterocycles. The van der Waals surface area contributed by atoms with E-state index in [1.54, 1.807) is 0 Å². The molecule has 1 saturated carbocycles. The van der Waals surface area contributed by atoms with Crippen molar-refractivity contribution in [3.05, 3.63) is 29.8 Å². The first kappa shape index (κ1) is 15.3. The van der Waals surface area contributed by atoms with Gasteiger partial charge in [-0.3, -0.25) is 0 Å². The van der Waals surface area contributed by atoms with Crippen LogP contribution in [0.15, 0.2) is 24.3 Å². The molecule has 3 heteroatoms. The monoisotopic (exact) mass is 276 g/mol. The molecule has 1 aromatic carbocycles. The van der Waals surface area contributed by atoms with Gasteiger partial charge in [0.15, 0.2) is 0 Å². The standard InChI is InChI=1S/C17H28N2O/c1-3-18-13-15-7-9-17(10-8-15)20-12-11-19(2)14-16-5-4-6-16/h7-10,16,18H,3-6,11-14H2,1-2H3. The summed E-state index contributed by atoms with van der Waals surface area (Å²) in [5.74, 6) is 1.91. The maximum atomic E-state index is 5.81. The van der Waals surface area contributed by atoms with Gasteiger partial charge in [0, 0.05) is 19.6 Å². The second-order valence-electron chi connectivity index (χ2n) is 5.83. The average Bonchev–Trinajstić information content (AvgIpc) is 2.42. The van der Waals surface area contributed by atoms with Gasteiger partial charge < -0.3 is 15.0 Å². The van der Waals surface area contributed by atoms with Crippen LogP contribution in [-0.2, 0) is 6.54 Å². The molecule has 0 bridgehead atoms. The molecule has 3 nitrogen and oxygen atoms in total. The van der Waals surface area contributed by atoms with Gasteiger partial charge in [-0.15, -0.1) is 0 Å². The number of nitrogens with one attached hydrogen (secondary N) is 1. The Balaban J connectivity index is 1.62. The summed E-state index contributed by atoms with van der Waals surface area (Å²) in [5, 5.41) is 3.32. The molecule has 0 radical (unpaired) electrons. The van der Waals surface area contributed by atoms with Crippen LogP contribution in [0.1, 0.15) is 31.7 Å². The number of ether oxygens (including phenoxy) is 1. The smallest absolute Gasteiger partial charge is 0.119 e. The zero-order chi connectivity index (χ0) is 14.2. The normalized spacial score (nSPS) is 15.3. The third-order valence-electron chi connectivity index (χ3n) is 4.04. The predicted molar refractivity (Wildman–Crippen MR) is 84.2 cm³/mol. The van der Waals surface area contributed by atoms with Crippen LogP contribution in [0.3, 0.4) is 0 Å². The third-order valence-corrected chi connectivity index (χ3v) is 4.04. The molecule has 1 N–H and O–H groups in total. The lowest BCUT2D eigenvalue weighted by Crippen LogP contribution is -2.32. The maximum Gasteiger partial charge on any atom is 0.119 e. The number of rotatable bonds is 9. The van der Waals surface area contributed by atoms with Gasteiger partial charge in [-0.1, -0.05) is 25.5 Å². The summed E-state index contributed by atoms with van der Waals surface area (Å²) in [4.78, 5) is 2.39. The molecule has 0 aromatic heterocycles. The van der Waals surface area contributed by atoms with Gasteiger partial charge in [0.25, 0.3) is 0 Å². The van der Waals surface area contributed by atoms with E-state index >= 15 is 0 Å². The molecule has 0 atom stereocenters. The van der Waals surface area contributed by atoms with Crippen molar-refractivity contribution >= 4 is 0 Å². The van der Waals surface area contributed by atoms with Gasteiger partial charge in [0.2, 0.25) is 0 Å². The lowest BCUT2D eigenvalue weighted by Gasteiger charge is -2.30. The number of nitrogens with zero attached hydrogens (tertiary/aromatic N) is 1. The molecular weight excluding hydrogens is 248 g/mol. The molecule has 1 aromatic rings. The van der Waals surface area contributed by atoms with Gasteiger partial charge in [0.1, 0.15) is 12.4 Å². The maximum absolute atomic E-state index is 5.81. The number of hydrogen-bond donors (Lipinski definition) is 1. The third kappa shape index (κ3) is 5.14. The summed E-state index contributed by atoms with van der Waals surface area (Å²) in [5.41, 5.74) is 1.31. The van der Waals surface area contributed by atoms with Crippen molar-refractivity contribution in [2.45, 2.75) is 32.7 Å². The van der Waals surface area contributed by atoms with Crippen LogP contribution in [0.25, 0.3) is 0 Å². The van der Waals surface area contributed by atoms with Crippen LogP contribution in [-0.4, -0.2) is 38.2 Å². The van der Waals surface area contributed by atoms with Crippen LogP contribution in [0.5, 0.6) is 5.75 Å². The van der Waals surface area contributed by atoms with Crippen molar-refractivity contribution in [2.24, 2.45) is 5.92 Å². The Labute approximate surface area is 123 Å². The topological polar surface area (TPSA) is 24.5 Å². The Morgan fingerprint density at radius 1 is 1.25 bits per heavy atom. The highest BCUT2D eigenvalue weighted by Gasteiger charge is 2.18. The van der Waals surface area contributed by atoms with Crippen LogP contribution in [0.2, 0.25) is 0 Å². The van der Waals surface area contributed by atoms with Crippen molar-refractivity contribution in [3.8, 4) is 5.75 Å². The van der Waals surface area contributed by atoms with Gasteiger partial charge in [-0.2, -0.15) is 0 Å². The zero-order valence-corrected chi connectivity index (χ0v) is 12.9. The Bertz CT molecular complexity index is 373. The lowest BCUT2D eigenvalue weighted by molar-refractivity contribution is 0.177. The van der Waals surface area contributed by atoms with Crippen molar-refractivity contribution in [3.63, 3.8) is 0 Å². The summed E-state index contributed by atoms with van der Waals surface area (Å²) in [6.45, 7) is 7.07. The van der Waals surface area contributed by atoms with E-state index in [9.17, 15) is 0 Å².